The number of aryl methyl sites for hydroxylation is 1. The Bertz CT molecular complexity index is 1120. The van der Waals surface area contributed by atoms with Gasteiger partial charge in [0.25, 0.3) is 0 Å². The topological polar surface area (TPSA) is 85.6 Å². The van der Waals surface area contributed by atoms with Gasteiger partial charge in [-0.2, -0.15) is 0 Å². The van der Waals surface area contributed by atoms with Crippen molar-refractivity contribution < 1.29 is 4.79 Å². The largest absolute Gasteiger partial charge is 0.324 e. The van der Waals surface area contributed by atoms with Crippen molar-refractivity contribution in [2.24, 2.45) is 0 Å². The maximum absolute atomic E-state index is 11.1. The third kappa shape index (κ3) is 3.65. The molecular weight excluding hydrogens is 380 g/mol. The van der Waals surface area contributed by atoms with Gasteiger partial charge >= 0.3 is 0 Å². The molecule has 1 amide bonds. The second-order valence-electron chi connectivity index (χ2n) is 6.05. The maximum atomic E-state index is 11.1. The standard InChI is InChI=1S/C18H18N6OS2/c1-3-8-24-14-7-5-4-6-13(14)15-16(24)21-18(23-22-15)27-10-12-9-26-17(20-12)19-11(2)25/h4-7,9H,3,8,10H2,1-2H3,(H,19,20,25). The van der Waals surface area contributed by atoms with Crippen molar-refractivity contribution in [1.82, 2.24) is 24.7 Å². The van der Waals surface area contributed by atoms with Crippen LogP contribution in [0.25, 0.3) is 22.1 Å². The van der Waals surface area contributed by atoms with Crippen molar-refractivity contribution in [3.05, 3.63) is 35.3 Å². The monoisotopic (exact) mass is 398 g/mol. The summed E-state index contributed by atoms with van der Waals surface area (Å²) < 4.78 is 2.21. The SMILES string of the molecule is CCCn1c2ccccc2c2nnc(SCc3csc(NC(C)=O)n3)nc21. The van der Waals surface area contributed by atoms with E-state index in [1.165, 1.54) is 30.0 Å². The minimum Gasteiger partial charge on any atom is -0.324 e. The summed E-state index contributed by atoms with van der Waals surface area (Å²) in [4.78, 5) is 20.3. The van der Waals surface area contributed by atoms with Crippen LogP contribution in [0.1, 0.15) is 26.0 Å². The summed E-state index contributed by atoms with van der Waals surface area (Å²) in [6.07, 6.45) is 1.02. The van der Waals surface area contributed by atoms with Crippen molar-refractivity contribution in [3.8, 4) is 0 Å². The number of para-hydroxylation sites is 1. The predicted octanol–water partition coefficient (Wildman–Crippen LogP) is 4.10. The molecule has 4 rings (SSSR count). The molecule has 0 aliphatic carbocycles. The lowest BCUT2D eigenvalue weighted by atomic mass is 10.2. The summed E-state index contributed by atoms with van der Waals surface area (Å²) in [7, 11) is 0. The van der Waals surface area contributed by atoms with E-state index in [1.54, 1.807) is 0 Å². The van der Waals surface area contributed by atoms with Crippen LogP contribution in [0.4, 0.5) is 5.13 Å². The fourth-order valence-corrected chi connectivity index (χ4v) is 4.46. The van der Waals surface area contributed by atoms with Gasteiger partial charge in [0.2, 0.25) is 11.1 Å². The van der Waals surface area contributed by atoms with E-state index in [0.29, 0.717) is 16.0 Å². The van der Waals surface area contributed by atoms with Crippen LogP contribution in [-0.4, -0.2) is 30.6 Å². The number of thioether (sulfide) groups is 1. The molecule has 3 heterocycles. The van der Waals surface area contributed by atoms with Gasteiger partial charge in [-0.3, -0.25) is 4.79 Å². The Hall–Kier alpha value is -2.52. The third-order valence-corrected chi connectivity index (χ3v) is 5.66. The van der Waals surface area contributed by atoms with E-state index >= 15 is 0 Å². The highest BCUT2D eigenvalue weighted by atomic mass is 32.2. The molecule has 0 fully saturated rings. The number of hydrogen-bond acceptors (Lipinski definition) is 7. The number of nitrogens with one attached hydrogen (secondary N) is 1. The van der Waals surface area contributed by atoms with Gasteiger partial charge < -0.3 is 9.88 Å². The molecule has 7 nitrogen and oxygen atoms in total. The number of rotatable bonds is 6. The van der Waals surface area contributed by atoms with Gasteiger partial charge in [0.05, 0.1) is 11.2 Å². The number of nitrogens with zero attached hydrogens (tertiary/aromatic N) is 5. The Balaban J connectivity index is 1.61. The van der Waals surface area contributed by atoms with Crippen molar-refractivity contribution in [3.63, 3.8) is 0 Å². The zero-order chi connectivity index (χ0) is 18.8. The number of carbonyl (C=O) groups is 1. The molecule has 0 radical (unpaired) electrons. The quantitative estimate of drug-likeness (QED) is 0.492. The lowest BCUT2D eigenvalue weighted by molar-refractivity contribution is -0.114. The first-order valence-electron chi connectivity index (χ1n) is 8.62. The molecule has 0 bridgehead atoms. The molecule has 0 saturated carbocycles. The molecule has 1 N–H and O–H groups in total. The highest BCUT2D eigenvalue weighted by Gasteiger charge is 2.14. The number of anilines is 1. The predicted molar refractivity (Wildman–Crippen MR) is 109 cm³/mol. The molecule has 0 aliphatic heterocycles. The highest BCUT2D eigenvalue weighted by Crippen LogP contribution is 2.28. The second kappa shape index (κ2) is 7.61. The Kier molecular flexibility index (Phi) is 5.04. The first-order valence-corrected chi connectivity index (χ1v) is 10.5. The van der Waals surface area contributed by atoms with Crippen LogP contribution < -0.4 is 5.32 Å². The maximum Gasteiger partial charge on any atom is 0.223 e. The molecule has 0 saturated heterocycles. The molecule has 0 atom stereocenters. The number of benzene rings is 1. The average molecular weight is 399 g/mol. The number of carbonyl (C=O) groups excluding carboxylic acids is 1. The zero-order valence-corrected chi connectivity index (χ0v) is 16.6. The molecule has 3 aromatic heterocycles. The molecule has 0 aliphatic rings. The van der Waals surface area contributed by atoms with E-state index < -0.39 is 0 Å². The molecule has 27 heavy (non-hydrogen) atoms. The van der Waals surface area contributed by atoms with Gasteiger partial charge in [-0.05, 0) is 12.5 Å². The van der Waals surface area contributed by atoms with Crippen LogP contribution >= 0.6 is 23.1 Å². The Morgan fingerprint density at radius 2 is 2.11 bits per heavy atom. The van der Waals surface area contributed by atoms with Crippen LogP contribution in [0.15, 0.2) is 34.8 Å². The number of aromatic nitrogens is 5. The van der Waals surface area contributed by atoms with Crippen molar-refractivity contribution >= 4 is 56.2 Å². The number of fused-ring (bicyclic) bond motifs is 3. The number of hydrogen-bond donors (Lipinski definition) is 1. The Morgan fingerprint density at radius 1 is 1.26 bits per heavy atom. The van der Waals surface area contributed by atoms with Crippen LogP contribution in [0.3, 0.4) is 0 Å². The fraction of sp³-hybridized carbons (Fsp3) is 0.278. The van der Waals surface area contributed by atoms with Gasteiger partial charge in [-0.1, -0.05) is 36.9 Å². The normalized spacial score (nSPS) is 11.3. The van der Waals surface area contributed by atoms with Gasteiger partial charge in [0.1, 0.15) is 5.52 Å². The fourth-order valence-electron chi connectivity index (χ4n) is 2.92. The molecule has 0 spiro atoms. The third-order valence-electron chi connectivity index (χ3n) is 3.99. The zero-order valence-electron chi connectivity index (χ0n) is 15.0. The molecule has 4 aromatic rings. The molecule has 138 valence electrons. The lowest BCUT2D eigenvalue weighted by Crippen LogP contribution is -2.05. The van der Waals surface area contributed by atoms with Crippen LogP contribution in [0.2, 0.25) is 0 Å². The van der Waals surface area contributed by atoms with E-state index in [2.05, 4.69) is 44.1 Å². The summed E-state index contributed by atoms with van der Waals surface area (Å²) in [5, 5.41) is 15.7. The van der Waals surface area contributed by atoms with E-state index in [4.69, 9.17) is 4.98 Å². The van der Waals surface area contributed by atoms with Crippen LogP contribution in [0, 0.1) is 0 Å². The summed E-state index contributed by atoms with van der Waals surface area (Å²) >= 11 is 2.90. The first kappa shape index (κ1) is 17.9. The number of thiazole rings is 1. The molecule has 1 aromatic carbocycles. The summed E-state index contributed by atoms with van der Waals surface area (Å²) in [5.41, 5.74) is 3.72. The van der Waals surface area contributed by atoms with E-state index in [1.807, 2.05) is 17.5 Å². The highest BCUT2D eigenvalue weighted by molar-refractivity contribution is 7.98. The minimum absolute atomic E-state index is 0.120. The van der Waals surface area contributed by atoms with E-state index in [0.717, 1.165) is 40.7 Å². The van der Waals surface area contributed by atoms with Crippen molar-refractivity contribution in [2.45, 2.75) is 37.7 Å². The van der Waals surface area contributed by atoms with Gasteiger partial charge in [-0.15, -0.1) is 21.5 Å². The van der Waals surface area contributed by atoms with Crippen molar-refractivity contribution in [2.75, 3.05) is 5.32 Å². The molecule has 0 unspecified atom stereocenters. The lowest BCUT2D eigenvalue weighted by Gasteiger charge is -2.04. The first-order chi connectivity index (χ1) is 13.2. The van der Waals surface area contributed by atoms with E-state index in [-0.39, 0.29) is 5.91 Å². The smallest absolute Gasteiger partial charge is 0.223 e. The number of amides is 1. The van der Waals surface area contributed by atoms with Gasteiger partial charge in [0, 0.05) is 30.0 Å². The summed E-state index contributed by atoms with van der Waals surface area (Å²) in [6.45, 7) is 4.51. The van der Waals surface area contributed by atoms with Gasteiger partial charge in [0.15, 0.2) is 10.8 Å². The average Bonchev–Trinajstić information content (AvgIpc) is 3.23. The molecular formula is C18H18N6OS2. The molecule has 9 heteroatoms. The van der Waals surface area contributed by atoms with Crippen LogP contribution in [0.5, 0.6) is 0 Å². The Labute approximate surface area is 164 Å². The van der Waals surface area contributed by atoms with E-state index in [9.17, 15) is 4.79 Å². The van der Waals surface area contributed by atoms with Gasteiger partial charge in [-0.25, -0.2) is 9.97 Å². The Morgan fingerprint density at radius 3 is 2.93 bits per heavy atom. The second-order valence-corrected chi connectivity index (χ2v) is 7.85. The van der Waals surface area contributed by atoms with Crippen molar-refractivity contribution in [1.29, 1.82) is 0 Å². The van der Waals surface area contributed by atoms with Crippen LogP contribution in [-0.2, 0) is 17.1 Å². The summed E-state index contributed by atoms with van der Waals surface area (Å²) in [5.74, 6) is 0.502. The summed E-state index contributed by atoms with van der Waals surface area (Å²) in [6, 6.07) is 8.20. The minimum atomic E-state index is -0.120.